The lowest BCUT2D eigenvalue weighted by Crippen LogP contribution is -2.60. The number of hydrogen-bond donors (Lipinski definition) is 1. The van der Waals surface area contributed by atoms with E-state index in [9.17, 15) is 9.59 Å². The van der Waals surface area contributed by atoms with Crippen molar-refractivity contribution in [3.8, 4) is 5.75 Å². The van der Waals surface area contributed by atoms with Crippen molar-refractivity contribution >= 4 is 24.2 Å². The van der Waals surface area contributed by atoms with Gasteiger partial charge in [-0.25, -0.2) is 0 Å². The Hall–Kier alpha value is -1.79. The zero-order chi connectivity index (χ0) is 17.9. The molecule has 2 fully saturated rings. The van der Waals surface area contributed by atoms with Crippen molar-refractivity contribution in [3.05, 3.63) is 29.8 Å². The van der Waals surface area contributed by atoms with Crippen molar-refractivity contribution < 1.29 is 14.3 Å². The lowest BCUT2D eigenvalue weighted by Gasteiger charge is -2.41. The van der Waals surface area contributed by atoms with Gasteiger partial charge in [-0.3, -0.25) is 9.59 Å². The zero-order valence-electron chi connectivity index (χ0n) is 15.3. The van der Waals surface area contributed by atoms with E-state index in [1.165, 1.54) is 0 Å². The van der Waals surface area contributed by atoms with E-state index in [1.807, 2.05) is 17.0 Å². The predicted molar refractivity (Wildman–Crippen MR) is 103 cm³/mol. The van der Waals surface area contributed by atoms with Gasteiger partial charge in [0.05, 0.1) is 12.6 Å². The summed E-state index contributed by atoms with van der Waals surface area (Å²) in [5.41, 5.74) is 6.28. The van der Waals surface area contributed by atoms with Gasteiger partial charge in [0, 0.05) is 31.7 Å². The Labute approximate surface area is 161 Å². The molecule has 26 heavy (non-hydrogen) atoms. The SMILES string of the molecule is COc1cccc(C(=O)N2CCN(C(=O)C3(N)CCCCC3)CC2)c1.Cl. The van der Waals surface area contributed by atoms with Gasteiger partial charge in [-0.15, -0.1) is 12.4 Å². The summed E-state index contributed by atoms with van der Waals surface area (Å²) in [6.45, 7) is 2.18. The third kappa shape index (κ3) is 4.30. The number of ether oxygens (including phenoxy) is 1. The first kappa shape index (κ1) is 20.5. The molecule has 7 heteroatoms. The molecule has 1 saturated heterocycles. The van der Waals surface area contributed by atoms with Crippen molar-refractivity contribution in [2.45, 2.75) is 37.6 Å². The van der Waals surface area contributed by atoms with Crippen LogP contribution in [0.25, 0.3) is 0 Å². The van der Waals surface area contributed by atoms with Crippen LogP contribution in [0.4, 0.5) is 0 Å². The average molecular weight is 382 g/mol. The number of hydrogen-bond acceptors (Lipinski definition) is 4. The lowest BCUT2D eigenvalue weighted by atomic mass is 9.81. The molecule has 0 aromatic heterocycles. The molecule has 6 nitrogen and oxygen atoms in total. The van der Waals surface area contributed by atoms with Crippen LogP contribution in [-0.2, 0) is 4.79 Å². The second kappa shape index (κ2) is 8.73. The summed E-state index contributed by atoms with van der Waals surface area (Å²) < 4.78 is 5.18. The molecule has 0 spiro atoms. The molecule has 0 bridgehead atoms. The minimum Gasteiger partial charge on any atom is -0.497 e. The van der Waals surface area contributed by atoms with E-state index in [1.54, 1.807) is 24.1 Å². The van der Waals surface area contributed by atoms with Crippen LogP contribution in [0.1, 0.15) is 42.5 Å². The highest BCUT2D eigenvalue weighted by molar-refractivity contribution is 5.95. The van der Waals surface area contributed by atoms with E-state index in [2.05, 4.69) is 0 Å². The number of halogens is 1. The van der Waals surface area contributed by atoms with Crippen molar-refractivity contribution in [3.63, 3.8) is 0 Å². The Morgan fingerprint density at radius 2 is 1.65 bits per heavy atom. The molecule has 1 heterocycles. The van der Waals surface area contributed by atoms with Crippen LogP contribution in [0.5, 0.6) is 5.75 Å². The smallest absolute Gasteiger partial charge is 0.254 e. The first-order valence-corrected chi connectivity index (χ1v) is 9.05. The van der Waals surface area contributed by atoms with Gasteiger partial charge in [-0.05, 0) is 31.0 Å². The number of benzene rings is 1. The van der Waals surface area contributed by atoms with E-state index in [0.717, 1.165) is 32.1 Å². The summed E-state index contributed by atoms with van der Waals surface area (Å²) in [5, 5.41) is 0. The Kier molecular flexibility index (Phi) is 6.89. The minimum absolute atomic E-state index is 0. The Morgan fingerprint density at radius 3 is 2.27 bits per heavy atom. The van der Waals surface area contributed by atoms with Crippen LogP contribution in [-0.4, -0.2) is 60.4 Å². The molecule has 2 N–H and O–H groups in total. The highest BCUT2D eigenvalue weighted by Gasteiger charge is 2.39. The zero-order valence-corrected chi connectivity index (χ0v) is 16.1. The highest BCUT2D eigenvalue weighted by Crippen LogP contribution is 2.28. The summed E-state index contributed by atoms with van der Waals surface area (Å²) in [6.07, 6.45) is 4.76. The molecule has 3 rings (SSSR count). The fourth-order valence-electron chi connectivity index (χ4n) is 3.76. The molecule has 0 radical (unpaired) electrons. The Bertz CT molecular complexity index is 639. The summed E-state index contributed by atoms with van der Waals surface area (Å²) in [4.78, 5) is 29.1. The first-order valence-electron chi connectivity index (χ1n) is 9.05. The van der Waals surface area contributed by atoms with Crippen molar-refractivity contribution in [1.82, 2.24) is 9.80 Å². The van der Waals surface area contributed by atoms with E-state index in [4.69, 9.17) is 10.5 Å². The molecule has 1 aromatic carbocycles. The van der Waals surface area contributed by atoms with Gasteiger partial charge in [-0.2, -0.15) is 0 Å². The monoisotopic (exact) mass is 381 g/mol. The Morgan fingerprint density at radius 1 is 1.04 bits per heavy atom. The maximum Gasteiger partial charge on any atom is 0.254 e. The van der Waals surface area contributed by atoms with Crippen LogP contribution < -0.4 is 10.5 Å². The van der Waals surface area contributed by atoms with Gasteiger partial charge in [0.1, 0.15) is 5.75 Å². The number of methoxy groups -OCH3 is 1. The molecule has 0 unspecified atom stereocenters. The number of carbonyl (C=O) groups excluding carboxylic acids is 2. The number of carbonyl (C=O) groups is 2. The molecule has 2 aliphatic rings. The maximum atomic E-state index is 12.8. The first-order chi connectivity index (χ1) is 12.0. The van der Waals surface area contributed by atoms with Gasteiger partial charge in [0.25, 0.3) is 5.91 Å². The van der Waals surface area contributed by atoms with Gasteiger partial charge < -0.3 is 20.3 Å². The van der Waals surface area contributed by atoms with Crippen molar-refractivity contribution in [1.29, 1.82) is 0 Å². The average Bonchev–Trinajstić information content (AvgIpc) is 2.67. The summed E-state index contributed by atoms with van der Waals surface area (Å²) >= 11 is 0. The largest absolute Gasteiger partial charge is 0.497 e. The van der Waals surface area contributed by atoms with E-state index < -0.39 is 5.54 Å². The van der Waals surface area contributed by atoms with E-state index in [0.29, 0.717) is 37.5 Å². The van der Waals surface area contributed by atoms with Gasteiger partial charge in [0.15, 0.2) is 0 Å². The number of amides is 2. The summed E-state index contributed by atoms with van der Waals surface area (Å²) in [6, 6.07) is 7.17. The minimum atomic E-state index is -0.697. The molecule has 144 valence electrons. The van der Waals surface area contributed by atoms with E-state index in [-0.39, 0.29) is 24.2 Å². The maximum absolute atomic E-state index is 12.8. The molecular formula is C19H28ClN3O3. The van der Waals surface area contributed by atoms with Crippen molar-refractivity contribution in [2.75, 3.05) is 33.3 Å². The number of nitrogens with zero attached hydrogens (tertiary/aromatic N) is 2. The number of piperazine rings is 1. The summed E-state index contributed by atoms with van der Waals surface area (Å²) in [5.74, 6) is 0.703. The van der Waals surface area contributed by atoms with Crippen LogP contribution in [0.3, 0.4) is 0 Å². The molecule has 1 aliphatic carbocycles. The fraction of sp³-hybridized carbons (Fsp3) is 0.579. The summed E-state index contributed by atoms with van der Waals surface area (Å²) in [7, 11) is 1.59. The third-order valence-electron chi connectivity index (χ3n) is 5.34. The topological polar surface area (TPSA) is 75.9 Å². The van der Waals surface area contributed by atoms with Gasteiger partial charge in [-0.1, -0.05) is 25.3 Å². The highest BCUT2D eigenvalue weighted by atomic mass is 35.5. The Balaban J connectivity index is 0.00000243. The lowest BCUT2D eigenvalue weighted by molar-refractivity contribution is -0.139. The molecule has 0 atom stereocenters. The van der Waals surface area contributed by atoms with Crippen LogP contribution in [0.2, 0.25) is 0 Å². The third-order valence-corrected chi connectivity index (χ3v) is 5.34. The molecule has 1 saturated carbocycles. The molecule has 1 aliphatic heterocycles. The normalized spacial score (nSPS) is 19.5. The van der Waals surface area contributed by atoms with Crippen LogP contribution in [0.15, 0.2) is 24.3 Å². The standard InChI is InChI=1S/C19H27N3O3.ClH/c1-25-16-7-5-6-15(14-16)17(23)21-10-12-22(13-11-21)18(24)19(20)8-3-2-4-9-19;/h5-7,14H,2-4,8-13,20H2,1H3;1H. The van der Waals surface area contributed by atoms with Crippen LogP contribution >= 0.6 is 12.4 Å². The van der Waals surface area contributed by atoms with Gasteiger partial charge in [0.2, 0.25) is 5.91 Å². The van der Waals surface area contributed by atoms with Crippen LogP contribution in [0, 0.1) is 0 Å². The fourth-order valence-corrected chi connectivity index (χ4v) is 3.76. The molecule has 1 aromatic rings. The second-order valence-corrected chi connectivity index (χ2v) is 7.03. The predicted octanol–water partition coefficient (Wildman–Crippen LogP) is 2.06. The number of rotatable bonds is 3. The van der Waals surface area contributed by atoms with E-state index >= 15 is 0 Å². The number of nitrogens with two attached hydrogens (primary N) is 1. The molecule has 2 amide bonds. The van der Waals surface area contributed by atoms with Gasteiger partial charge >= 0.3 is 0 Å². The second-order valence-electron chi connectivity index (χ2n) is 7.03. The molecular weight excluding hydrogens is 354 g/mol. The quantitative estimate of drug-likeness (QED) is 0.869. The van der Waals surface area contributed by atoms with Crippen molar-refractivity contribution in [2.24, 2.45) is 5.73 Å².